The van der Waals surface area contributed by atoms with Crippen LogP contribution in [0.5, 0.6) is 0 Å². The average molecular weight is 170 g/mol. The highest BCUT2D eigenvalue weighted by Gasteiger charge is 2.02. The largest absolute Gasteiger partial charge is 0.459 e. The first-order valence-electron chi connectivity index (χ1n) is 3.83. The molecule has 0 bridgehead atoms. The molecule has 0 fully saturated rings. The molecule has 1 atom stereocenters. The highest BCUT2D eigenvalue weighted by molar-refractivity contribution is 5.88. The zero-order valence-electron chi connectivity index (χ0n) is 7.63. The molecule has 1 unspecified atom stereocenters. The van der Waals surface area contributed by atoms with Crippen LogP contribution in [0.25, 0.3) is 0 Å². The Kier molecular flexibility index (Phi) is 5.14. The summed E-state index contributed by atoms with van der Waals surface area (Å²) >= 11 is 0. The molecule has 0 rings (SSSR count). The molecule has 1 N–H and O–H groups in total. The maximum absolute atomic E-state index is 10.5. The van der Waals surface area contributed by atoms with Crippen molar-refractivity contribution in [2.45, 2.75) is 26.4 Å². The number of carbonyl (C=O) groups excluding carboxylic acids is 1. The SMILES string of the molecule is COC(=O)C#CC(O)CC(C)C. The molecule has 3 nitrogen and oxygen atoms in total. The summed E-state index contributed by atoms with van der Waals surface area (Å²) in [5.74, 6) is 4.33. The Hall–Kier alpha value is -1.01. The maximum Gasteiger partial charge on any atom is 0.384 e. The monoisotopic (exact) mass is 170 g/mol. The molecule has 0 aromatic heterocycles. The van der Waals surface area contributed by atoms with Gasteiger partial charge in [0, 0.05) is 5.92 Å². The van der Waals surface area contributed by atoms with E-state index in [-0.39, 0.29) is 0 Å². The summed E-state index contributed by atoms with van der Waals surface area (Å²) in [4.78, 5) is 10.5. The van der Waals surface area contributed by atoms with Crippen LogP contribution >= 0.6 is 0 Å². The van der Waals surface area contributed by atoms with E-state index in [4.69, 9.17) is 0 Å². The van der Waals surface area contributed by atoms with E-state index < -0.39 is 12.1 Å². The van der Waals surface area contributed by atoms with Gasteiger partial charge in [0.05, 0.1) is 7.11 Å². The second-order valence-corrected chi connectivity index (χ2v) is 2.91. The lowest BCUT2D eigenvalue weighted by atomic mass is 10.1. The van der Waals surface area contributed by atoms with E-state index in [0.717, 1.165) is 0 Å². The minimum atomic E-state index is -0.732. The molecule has 0 radical (unpaired) electrons. The third-order valence-corrected chi connectivity index (χ3v) is 1.22. The molecule has 0 saturated heterocycles. The predicted octanol–water partition coefficient (Wildman–Crippen LogP) is 0.570. The molecule has 0 saturated carbocycles. The summed E-state index contributed by atoms with van der Waals surface area (Å²) in [5.41, 5.74) is 0. The Balaban J connectivity index is 3.86. The minimum absolute atomic E-state index is 0.368. The van der Waals surface area contributed by atoms with Gasteiger partial charge < -0.3 is 9.84 Å². The zero-order chi connectivity index (χ0) is 9.56. The van der Waals surface area contributed by atoms with E-state index in [2.05, 4.69) is 16.6 Å². The Morgan fingerprint density at radius 1 is 1.58 bits per heavy atom. The number of rotatable bonds is 2. The highest BCUT2D eigenvalue weighted by Crippen LogP contribution is 2.02. The summed E-state index contributed by atoms with van der Waals surface area (Å²) in [7, 11) is 1.26. The summed E-state index contributed by atoms with van der Waals surface area (Å²) in [5, 5.41) is 9.18. The summed E-state index contributed by atoms with van der Waals surface area (Å²) in [6.07, 6.45) is -0.159. The van der Waals surface area contributed by atoms with Crippen molar-refractivity contribution in [1.82, 2.24) is 0 Å². The van der Waals surface area contributed by atoms with E-state index in [1.54, 1.807) is 0 Å². The molecule has 0 aromatic carbocycles. The van der Waals surface area contributed by atoms with Crippen LogP contribution in [0.15, 0.2) is 0 Å². The molecule has 3 heteroatoms. The fourth-order valence-corrected chi connectivity index (χ4v) is 0.699. The van der Waals surface area contributed by atoms with Gasteiger partial charge in [-0.05, 0) is 12.3 Å². The third-order valence-electron chi connectivity index (χ3n) is 1.22. The Morgan fingerprint density at radius 3 is 2.58 bits per heavy atom. The molecule has 0 aliphatic rings. The van der Waals surface area contributed by atoms with Crippen molar-refractivity contribution in [2.75, 3.05) is 7.11 Å². The van der Waals surface area contributed by atoms with Crippen LogP contribution in [0.2, 0.25) is 0 Å². The van der Waals surface area contributed by atoms with Gasteiger partial charge >= 0.3 is 5.97 Å². The summed E-state index contributed by atoms with van der Waals surface area (Å²) < 4.78 is 4.28. The van der Waals surface area contributed by atoms with Crippen molar-refractivity contribution in [2.24, 2.45) is 5.92 Å². The van der Waals surface area contributed by atoms with Crippen molar-refractivity contribution >= 4 is 5.97 Å². The number of carbonyl (C=O) groups is 1. The summed E-state index contributed by atoms with van der Waals surface area (Å²) in [6.45, 7) is 3.95. The number of hydrogen-bond acceptors (Lipinski definition) is 3. The lowest BCUT2D eigenvalue weighted by Gasteiger charge is -2.04. The third kappa shape index (κ3) is 5.75. The van der Waals surface area contributed by atoms with Gasteiger partial charge in [-0.2, -0.15) is 0 Å². The van der Waals surface area contributed by atoms with Gasteiger partial charge in [-0.1, -0.05) is 19.8 Å². The van der Waals surface area contributed by atoms with Gasteiger partial charge in [0.25, 0.3) is 0 Å². The first-order valence-corrected chi connectivity index (χ1v) is 3.83. The number of ether oxygens (including phenoxy) is 1. The quantitative estimate of drug-likeness (QED) is 0.374. The Labute approximate surface area is 72.7 Å². The van der Waals surface area contributed by atoms with E-state index in [1.807, 2.05) is 13.8 Å². The fraction of sp³-hybridized carbons (Fsp3) is 0.667. The van der Waals surface area contributed by atoms with Crippen LogP contribution in [0.3, 0.4) is 0 Å². The van der Waals surface area contributed by atoms with E-state index in [0.29, 0.717) is 12.3 Å². The van der Waals surface area contributed by atoms with Gasteiger partial charge in [0.2, 0.25) is 0 Å². The smallest absolute Gasteiger partial charge is 0.384 e. The first-order chi connectivity index (χ1) is 5.56. The number of aliphatic hydroxyl groups excluding tert-OH is 1. The van der Waals surface area contributed by atoms with Crippen LogP contribution in [0.4, 0.5) is 0 Å². The van der Waals surface area contributed by atoms with Crippen LogP contribution in [0, 0.1) is 17.8 Å². The normalized spacial score (nSPS) is 11.8. The first kappa shape index (κ1) is 11.0. The van der Waals surface area contributed by atoms with Crippen molar-refractivity contribution in [1.29, 1.82) is 0 Å². The second-order valence-electron chi connectivity index (χ2n) is 2.91. The molecule has 12 heavy (non-hydrogen) atoms. The van der Waals surface area contributed by atoms with Crippen LogP contribution in [-0.2, 0) is 9.53 Å². The minimum Gasteiger partial charge on any atom is -0.459 e. The van der Waals surface area contributed by atoms with E-state index in [1.165, 1.54) is 7.11 Å². The van der Waals surface area contributed by atoms with Crippen molar-refractivity contribution in [3.8, 4) is 11.8 Å². The van der Waals surface area contributed by atoms with Gasteiger partial charge in [-0.15, -0.1) is 0 Å². The molecule has 0 heterocycles. The van der Waals surface area contributed by atoms with Gasteiger partial charge in [0.1, 0.15) is 6.10 Å². The maximum atomic E-state index is 10.5. The van der Waals surface area contributed by atoms with Crippen molar-refractivity contribution in [3.05, 3.63) is 0 Å². The van der Waals surface area contributed by atoms with Gasteiger partial charge in [0.15, 0.2) is 0 Å². The molecular formula is C9H14O3. The van der Waals surface area contributed by atoms with E-state index in [9.17, 15) is 9.90 Å². The molecule has 0 spiro atoms. The standard InChI is InChI=1S/C9H14O3/c1-7(2)6-8(10)4-5-9(11)12-3/h7-8,10H,6H2,1-3H3. The predicted molar refractivity (Wildman–Crippen MR) is 45.3 cm³/mol. The molecule has 68 valence electrons. The van der Waals surface area contributed by atoms with Crippen LogP contribution in [-0.4, -0.2) is 24.3 Å². The Morgan fingerprint density at radius 2 is 2.17 bits per heavy atom. The topological polar surface area (TPSA) is 46.5 Å². The van der Waals surface area contributed by atoms with Gasteiger partial charge in [-0.3, -0.25) is 0 Å². The molecule has 0 aliphatic carbocycles. The Bertz CT molecular complexity index is 198. The van der Waals surface area contributed by atoms with E-state index >= 15 is 0 Å². The fourth-order valence-electron chi connectivity index (χ4n) is 0.699. The molecule has 0 aromatic rings. The molecule has 0 amide bonds. The summed E-state index contributed by atoms with van der Waals surface area (Å²) in [6, 6.07) is 0. The number of aliphatic hydroxyl groups is 1. The number of hydrogen-bond donors (Lipinski definition) is 1. The molecular weight excluding hydrogens is 156 g/mol. The van der Waals surface area contributed by atoms with Crippen molar-refractivity contribution in [3.63, 3.8) is 0 Å². The van der Waals surface area contributed by atoms with Crippen LogP contribution < -0.4 is 0 Å². The zero-order valence-corrected chi connectivity index (χ0v) is 7.63. The van der Waals surface area contributed by atoms with Crippen molar-refractivity contribution < 1.29 is 14.6 Å². The lowest BCUT2D eigenvalue weighted by molar-refractivity contribution is -0.133. The average Bonchev–Trinajstić information content (AvgIpc) is 1.99. The van der Waals surface area contributed by atoms with Gasteiger partial charge in [-0.25, -0.2) is 4.79 Å². The highest BCUT2D eigenvalue weighted by atomic mass is 16.5. The molecule has 0 aliphatic heterocycles. The second kappa shape index (κ2) is 5.62. The number of esters is 1. The lowest BCUT2D eigenvalue weighted by Crippen LogP contribution is -2.08. The number of methoxy groups -OCH3 is 1. The van der Waals surface area contributed by atoms with Crippen LogP contribution in [0.1, 0.15) is 20.3 Å².